The Morgan fingerprint density at radius 1 is 1.38 bits per heavy atom. The van der Waals surface area contributed by atoms with Crippen LogP contribution in [-0.2, 0) is 10.0 Å². The molecule has 0 aromatic carbocycles. The molecule has 120 valence electrons. The van der Waals surface area contributed by atoms with Gasteiger partial charge in [0.05, 0.1) is 5.69 Å². The monoisotopic (exact) mass is 314 g/mol. The summed E-state index contributed by atoms with van der Waals surface area (Å²) in [7, 11) is -1.54. The maximum absolute atomic E-state index is 12.3. The number of pyridine rings is 1. The Bertz CT molecular complexity index is 532. The first kappa shape index (κ1) is 17.9. The van der Waals surface area contributed by atoms with E-state index in [9.17, 15) is 8.42 Å². The van der Waals surface area contributed by atoms with Crippen LogP contribution in [0.3, 0.4) is 0 Å². The average molecular weight is 314 g/mol. The Hall–Kier alpha value is -1.18. The number of nitrogens with one attached hydrogen (secondary N) is 2. The van der Waals surface area contributed by atoms with Gasteiger partial charge in [-0.25, -0.2) is 18.1 Å². The van der Waals surface area contributed by atoms with Crippen LogP contribution in [0, 0.1) is 0 Å². The zero-order valence-electron chi connectivity index (χ0n) is 13.3. The van der Waals surface area contributed by atoms with Gasteiger partial charge >= 0.3 is 0 Å². The summed E-state index contributed by atoms with van der Waals surface area (Å²) in [5, 5.41) is 3.08. The van der Waals surface area contributed by atoms with E-state index in [4.69, 9.17) is 0 Å². The second kappa shape index (κ2) is 8.31. The first-order valence-electron chi connectivity index (χ1n) is 7.27. The van der Waals surface area contributed by atoms with Gasteiger partial charge in [0.25, 0.3) is 10.0 Å². The van der Waals surface area contributed by atoms with Crippen LogP contribution in [0.25, 0.3) is 0 Å². The number of sulfonamides is 1. The van der Waals surface area contributed by atoms with Crippen molar-refractivity contribution in [3.8, 4) is 0 Å². The fourth-order valence-corrected chi connectivity index (χ4v) is 2.97. The molecule has 0 spiro atoms. The van der Waals surface area contributed by atoms with E-state index in [1.807, 2.05) is 14.0 Å². The molecule has 21 heavy (non-hydrogen) atoms. The molecule has 7 heteroatoms. The molecule has 1 heterocycles. The van der Waals surface area contributed by atoms with Crippen molar-refractivity contribution in [2.45, 2.75) is 38.3 Å². The zero-order valence-corrected chi connectivity index (χ0v) is 14.1. The van der Waals surface area contributed by atoms with E-state index in [1.165, 1.54) is 6.20 Å². The predicted octanol–water partition coefficient (Wildman–Crippen LogP) is 1.52. The van der Waals surface area contributed by atoms with Gasteiger partial charge in [0.15, 0.2) is 5.03 Å². The molecule has 1 aromatic heterocycles. The summed E-state index contributed by atoms with van der Waals surface area (Å²) >= 11 is 0. The lowest BCUT2D eigenvalue weighted by Crippen LogP contribution is -2.32. The normalized spacial score (nSPS) is 12.1. The minimum absolute atomic E-state index is 0.0593. The standard InChI is InChI=1S/C14H26N4O2S/c1-5-15-13-8-6-9-16-14(13)21(19,20)17-10-7-11-18(4)12(2)3/h6,8-9,12,15,17H,5,7,10-11H2,1-4H3. The van der Waals surface area contributed by atoms with Crippen LogP contribution >= 0.6 is 0 Å². The average Bonchev–Trinajstić information content (AvgIpc) is 2.44. The molecule has 2 N–H and O–H groups in total. The zero-order chi connectivity index (χ0) is 15.9. The fourth-order valence-electron chi connectivity index (χ4n) is 1.79. The molecule has 0 saturated heterocycles. The van der Waals surface area contributed by atoms with Gasteiger partial charge in [0, 0.05) is 25.3 Å². The second-order valence-electron chi connectivity index (χ2n) is 5.21. The highest BCUT2D eigenvalue weighted by atomic mass is 32.2. The quantitative estimate of drug-likeness (QED) is 0.676. The molecule has 1 rings (SSSR count). The van der Waals surface area contributed by atoms with E-state index in [-0.39, 0.29) is 5.03 Å². The van der Waals surface area contributed by atoms with E-state index in [2.05, 4.69) is 33.8 Å². The Morgan fingerprint density at radius 2 is 2.10 bits per heavy atom. The van der Waals surface area contributed by atoms with Gasteiger partial charge in [0.1, 0.15) is 0 Å². The summed E-state index contributed by atoms with van der Waals surface area (Å²) in [6, 6.07) is 3.89. The Morgan fingerprint density at radius 3 is 2.71 bits per heavy atom. The molecule has 0 aliphatic carbocycles. The summed E-state index contributed by atoms with van der Waals surface area (Å²) in [5.74, 6) is 0. The number of nitrogens with zero attached hydrogens (tertiary/aromatic N) is 2. The molecule has 0 aliphatic rings. The van der Waals surface area contributed by atoms with Crippen LogP contribution in [0.5, 0.6) is 0 Å². The Balaban J connectivity index is 2.62. The van der Waals surface area contributed by atoms with Crippen LogP contribution < -0.4 is 10.0 Å². The lowest BCUT2D eigenvalue weighted by molar-refractivity contribution is 0.271. The number of hydrogen-bond donors (Lipinski definition) is 2. The fraction of sp³-hybridized carbons (Fsp3) is 0.643. The van der Waals surface area contributed by atoms with Crippen LogP contribution in [0.15, 0.2) is 23.4 Å². The minimum atomic E-state index is -3.57. The SMILES string of the molecule is CCNc1cccnc1S(=O)(=O)NCCCN(C)C(C)C. The molecular formula is C14H26N4O2S. The summed E-state index contributed by atoms with van der Waals surface area (Å²) in [4.78, 5) is 6.17. The van der Waals surface area contributed by atoms with Crippen molar-refractivity contribution in [1.29, 1.82) is 0 Å². The molecule has 0 aliphatic heterocycles. The summed E-state index contributed by atoms with van der Waals surface area (Å²) in [6.45, 7) is 8.04. The lowest BCUT2D eigenvalue weighted by Gasteiger charge is -2.20. The minimum Gasteiger partial charge on any atom is -0.383 e. The third-order valence-corrected chi connectivity index (χ3v) is 4.67. The first-order chi connectivity index (χ1) is 9.88. The van der Waals surface area contributed by atoms with Gasteiger partial charge in [-0.2, -0.15) is 0 Å². The van der Waals surface area contributed by atoms with E-state index in [0.29, 0.717) is 24.8 Å². The van der Waals surface area contributed by atoms with Crippen LogP contribution in [0.2, 0.25) is 0 Å². The van der Waals surface area contributed by atoms with Crippen molar-refractivity contribution < 1.29 is 8.42 Å². The first-order valence-corrected chi connectivity index (χ1v) is 8.75. The highest BCUT2D eigenvalue weighted by Crippen LogP contribution is 2.17. The maximum atomic E-state index is 12.3. The van der Waals surface area contributed by atoms with Crippen molar-refractivity contribution in [3.05, 3.63) is 18.3 Å². The van der Waals surface area contributed by atoms with Gasteiger partial charge in [-0.1, -0.05) is 0 Å². The molecule has 0 amide bonds. The number of aromatic nitrogens is 1. The molecule has 0 unspecified atom stereocenters. The maximum Gasteiger partial charge on any atom is 0.260 e. The van der Waals surface area contributed by atoms with E-state index in [0.717, 1.165) is 13.0 Å². The van der Waals surface area contributed by atoms with Crippen molar-refractivity contribution in [2.75, 3.05) is 32.0 Å². The van der Waals surface area contributed by atoms with Gasteiger partial charge in [0.2, 0.25) is 0 Å². The highest BCUT2D eigenvalue weighted by Gasteiger charge is 2.19. The molecule has 0 atom stereocenters. The predicted molar refractivity (Wildman–Crippen MR) is 86.0 cm³/mol. The Labute approximate surface area is 128 Å². The van der Waals surface area contributed by atoms with Crippen molar-refractivity contribution >= 4 is 15.7 Å². The third kappa shape index (κ3) is 5.61. The molecule has 6 nitrogen and oxygen atoms in total. The van der Waals surface area contributed by atoms with Crippen molar-refractivity contribution in [3.63, 3.8) is 0 Å². The third-order valence-electron chi connectivity index (χ3n) is 3.25. The molecule has 0 fully saturated rings. The molecule has 0 radical (unpaired) electrons. The second-order valence-corrected chi connectivity index (χ2v) is 6.89. The Kier molecular flexibility index (Phi) is 7.07. The van der Waals surface area contributed by atoms with E-state index >= 15 is 0 Å². The molecule has 0 saturated carbocycles. The summed E-state index contributed by atoms with van der Waals surface area (Å²) < 4.78 is 27.2. The van der Waals surface area contributed by atoms with E-state index in [1.54, 1.807) is 12.1 Å². The van der Waals surface area contributed by atoms with Crippen LogP contribution in [0.4, 0.5) is 5.69 Å². The van der Waals surface area contributed by atoms with E-state index < -0.39 is 10.0 Å². The summed E-state index contributed by atoms with van der Waals surface area (Å²) in [5.41, 5.74) is 0.534. The van der Waals surface area contributed by atoms with Crippen molar-refractivity contribution in [2.24, 2.45) is 0 Å². The van der Waals surface area contributed by atoms with Crippen molar-refractivity contribution in [1.82, 2.24) is 14.6 Å². The van der Waals surface area contributed by atoms with Crippen LogP contribution in [-0.4, -0.2) is 51.0 Å². The van der Waals surface area contributed by atoms with Gasteiger partial charge in [-0.3, -0.25) is 0 Å². The number of hydrogen-bond acceptors (Lipinski definition) is 5. The van der Waals surface area contributed by atoms with Crippen LogP contribution in [0.1, 0.15) is 27.2 Å². The van der Waals surface area contributed by atoms with Gasteiger partial charge < -0.3 is 10.2 Å². The topological polar surface area (TPSA) is 74.3 Å². The molecular weight excluding hydrogens is 288 g/mol. The molecule has 1 aromatic rings. The number of anilines is 1. The molecule has 0 bridgehead atoms. The highest BCUT2D eigenvalue weighted by molar-refractivity contribution is 7.89. The lowest BCUT2D eigenvalue weighted by atomic mass is 10.3. The summed E-state index contributed by atoms with van der Waals surface area (Å²) in [6.07, 6.45) is 2.25. The number of rotatable bonds is 9. The smallest absolute Gasteiger partial charge is 0.260 e. The van der Waals surface area contributed by atoms with Gasteiger partial charge in [-0.05, 0) is 52.9 Å². The van der Waals surface area contributed by atoms with Gasteiger partial charge in [-0.15, -0.1) is 0 Å². The largest absolute Gasteiger partial charge is 0.383 e.